The van der Waals surface area contributed by atoms with Crippen LogP contribution in [0.25, 0.3) is 28.2 Å². The number of H-pyrrole nitrogens is 2. The normalized spacial score (nSPS) is 11.7. The lowest BCUT2D eigenvalue weighted by Crippen LogP contribution is -1.97. The van der Waals surface area contributed by atoms with Crippen LogP contribution in [-0.4, -0.2) is 38.4 Å². The number of rotatable bonds is 8. The highest BCUT2D eigenvalue weighted by atomic mass is 32.2. The number of carboxylic acid groups (broad SMARTS) is 1. The lowest BCUT2D eigenvalue weighted by atomic mass is 10.0. The van der Waals surface area contributed by atoms with Gasteiger partial charge in [-0.05, 0) is 48.0 Å². The van der Waals surface area contributed by atoms with Crippen molar-refractivity contribution in [2.24, 2.45) is 0 Å². The highest BCUT2D eigenvalue weighted by Crippen LogP contribution is 2.36. The monoisotopic (exact) mass is 434 g/mol. The van der Waals surface area contributed by atoms with E-state index in [1.807, 2.05) is 55.5 Å². The Balaban J connectivity index is 1.84. The summed E-state index contributed by atoms with van der Waals surface area (Å²) in [7, 11) is 1.61. The standard InChI is InChI=1S/C23H22N4O3S/c1-3-7-20-25-23(27-26-20)31-19(22(28)29)13-17-16-12-15(30-2)10-11-18(16)24-21(17)14-8-5-4-6-9-14/h4-6,8-13,24H,3,7H2,1-2H3,(H,28,29)(H,25,26,27)/b19-13-. The Kier molecular flexibility index (Phi) is 6.08. The summed E-state index contributed by atoms with van der Waals surface area (Å²) in [6, 6.07) is 15.5. The van der Waals surface area contributed by atoms with Gasteiger partial charge in [-0.2, -0.15) is 0 Å². The molecule has 0 aliphatic rings. The lowest BCUT2D eigenvalue weighted by molar-refractivity contribution is -0.131. The van der Waals surface area contributed by atoms with Gasteiger partial charge in [0.2, 0.25) is 5.16 Å². The fourth-order valence-corrected chi connectivity index (χ4v) is 4.05. The predicted molar refractivity (Wildman–Crippen MR) is 122 cm³/mol. The first-order chi connectivity index (χ1) is 15.1. The molecule has 8 heteroatoms. The molecular weight excluding hydrogens is 412 g/mol. The van der Waals surface area contributed by atoms with Gasteiger partial charge in [-0.25, -0.2) is 9.78 Å². The third-order valence-corrected chi connectivity index (χ3v) is 5.67. The Labute approximate surface area is 183 Å². The number of aromatic nitrogens is 4. The number of ether oxygens (including phenoxy) is 1. The van der Waals surface area contributed by atoms with E-state index in [1.54, 1.807) is 13.2 Å². The number of thioether (sulfide) groups is 1. The first-order valence-electron chi connectivity index (χ1n) is 9.88. The second-order valence-electron chi connectivity index (χ2n) is 6.92. The number of benzene rings is 2. The van der Waals surface area contributed by atoms with Crippen LogP contribution in [0, 0.1) is 0 Å². The summed E-state index contributed by atoms with van der Waals surface area (Å²) in [6.07, 6.45) is 3.36. The van der Waals surface area contributed by atoms with E-state index in [9.17, 15) is 9.90 Å². The van der Waals surface area contributed by atoms with Gasteiger partial charge in [-0.3, -0.25) is 5.10 Å². The van der Waals surface area contributed by atoms with E-state index in [-0.39, 0.29) is 4.91 Å². The maximum Gasteiger partial charge on any atom is 0.342 e. The van der Waals surface area contributed by atoms with E-state index in [2.05, 4.69) is 20.2 Å². The van der Waals surface area contributed by atoms with Crippen LogP contribution in [0.5, 0.6) is 5.75 Å². The van der Waals surface area contributed by atoms with Gasteiger partial charge in [0.1, 0.15) is 16.5 Å². The minimum Gasteiger partial charge on any atom is -0.497 e. The second kappa shape index (κ2) is 9.09. The molecule has 7 nitrogen and oxygen atoms in total. The van der Waals surface area contributed by atoms with Crippen LogP contribution in [0.1, 0.15) is 24.7 Å². The molecule has 0 spiro atoms. The summed E-state index contributed by atoms with van der Waals surface area (Å²) in [5.74, 6) is 0.406. The van der Waals surface area contributed by atoms with E-state index >= 15 is 0 Å². The third kappa shape index (κ3) is 4.49. The Hall–Kier alpha value is -3.52. The van der Waals surface area contributed by atoms with Crippen LogP contribution in [0.2, 0.25) is 0 Å². The molecule has 3 N–H and O–H groups in total. The smallest absolute Gasteiger partial charge is 0.342 e. The molecule has 0 atom stereocenters. The molecule has 0 bridgehead atoms. The number of hydrogen-bond acceptors (Lipinski definition) is 5. The summed E-state index contributed by atoms with van der Waals surface area (Å²) < 4.78 is 5.39. The average molecular weight is 435 g/mol. The molecule has 0 aliphatic carbocycles. The molecule has 4 aromatic rings. The van der Waals surface area contributed by atoms with E-state index in [1.165, 1.54) is 0 Å². The maximum absolute atomic E-state index is 12.1. The second-order valence-corrected chi connectivity index (χ2v) is 7.93. The van der Waals surface area contributed by atoms with Gasteiger partial charge < -0.3 is 14.8 Å². The number of nitrogens with zero attached hydrogens (tertiary/aromatic N) is 2. The summed E-state index contributed by atoms with van der Waals surface area (Å²) in [4.78, 5) is 20.0. The molecule has 0 fully saturated rings. The van der Waals surface area contributed by atoms with Crippen molar-refractivity contribution in [1.29, 1.82) is 0 Å². The zero-order chi connectivity index (χ0) is 21.8. The zero-order valence-corrected chi connectivity index (χ0v) is 18.0. The van der Waals surface area contributed by atoms with Crippen LogP contribution in [-0.2, 0) is 11.2 Å². The van der Waals surface area contributed by atoms with Crippen LogP contribution >= 0.6 is 11.8 Å². The Morgan fingerprint density at radius 1 is 1.23 bits per heavy atom. The molecule has 158 valence electrons. The number of hydrogen-bond donors (Lipinski definition) is 3. The highest BCUT2D eigenvalue weighted by Gasteiger charge is 2.18. The van der Waals surface area contributed by atoms with Gasteiger partial charge in [-0.1, -0.05) is 37.3 Å². The van der Waals surface area contributed by atoms with E-state index in [0.29, 0.717) is 10.9 Å². The largest absolute Gasteiger partial charge is 0.497 e. The minimum atomic E-state index is -1.04. The topological polar surface area (TPSA) is 104 Å². The molecule has 0 unspecified atom stereocenters. The predicted octanol–water partition coefficient (Wildman–Crippen LogP) is 5.13. The van der Waals surface area contributed by atoms with Crippen LogP contribution in [0.15, 0.2) is 58.6 Å². The van der Waals surface area contributed by atoms with Crippen molar-refractivity contribution in [3.63, 3.8) is 0 Å². The molecule has 0 saturated carbocycles. The molecule has 31 heavy (non-hydrogen) atoms. The van der Waals surface area contributed by atoms with Crippen molar-refractivity contribution in [2.75, 3.05) is 7.11 Å². The number of methoxy groups -OCH3 is 1. The van der Waals surface area contributed by atoms with Crippen molar-refractivity contribution in [1.82, 2.24) is 20.2 Å². The Morgan fingerprint density at radius 2 is 2.03 bits per heavy atom. The SMILES string of the molecule is CCCc1nc(S/C(=C\c2c(-c3ccccc3)[nH]c3ccc(OC)cc23)C(=O)O)n[nH]1. The van der Waals surface area contributed by atoms with E-state index < -0.39 is 5.97 Å². The molecule has 2 aromatic carbocycles. The molecule has 0 saturated heterocycles. The maximum atomic E-state index is 12.1. The molecule has 0 aliphatic heterocycles. The summed E-state index contributed by atoms with van der Waals surface area (Å²) in [5.41, 5.74) is 3.46. The highest BCUT2D eigenvalue weighted by molar-refractivity contribution is 8.04. The Bertz CT molecular complexity index is 1240. The summed E-state index contributed by atoms with van der Waals surface area (Å²) >= 11 is 1.03. The molecular formula is C23H22N4O3S. The van der Waals surface area contributed by atoms with Gasteiger partial charge in [0.05, 0.1) is 12.8 Å². The Morgan fingerprint density at radius 3 is 2.74 bits per heavy atom. The number of fused-ring (bicyclic) bond motifs is 1. The van der Waals surface area contributed by atoms with Gasteiger partial charge in [0, 0.05) is 22.9 Å². The third-order valence-electron chi connectivity index (χ3n) is 4.79. The average Bonchev–Trinajstić information content (AvgIpc) is 3.38. The first kappa shape index (κ1) is 20.7. The van der Waals surface area contributed by atoms with Crippen molar-refractivity contribution >= 4 is 34.7 Å². The molecule has 2 heterocycles. The van der Waals surface area contributed by atoms with E-state index in [0.717, 1.165) is 58.2 Å². The van der Waals surface area contributed by atoms with Crippen molar-refractivity contribution in [3.8, 4) is 17.0 Å². The molecule has 2 aromatic heterocycles. The molecule has 0 radical (unpaired) electrons. The van der Waals surface area contributed by atoms with Gasteiger partial charge in [0.25, 0.3) is 0 Å². The zero-order valence-electron chi connectivity index (χ0n) is 17.2. The lowest BCUT2D eigenvalue weighted by Gasteiger charge is -2.04. The molecule has 4 rings (SSSR count). The number of aliphatic carboxylic acids is 1. The van der Waals surface area contributed by atoms with Crippen LogP contribution in [0.3, 0.4) is 0 Å². The first-order valence-corrected chi connectivity index (χ1v) is 10.7. The van der Waals surface area contributed by atoms with Crippen LogP contribution in [0.4, 0.5) is 0 Å². The number of aryl methyl sites for hydroxylation is 1. The van der Waals surface area contributed by atoms with Crippen molar-refractivity contribution < 1.29 is 14.6 Å². The summed E-state index contributed by atoms with van der Waals surface area (Å²) in [5, 5.41) is 18.2. The number of nitrogens with one attached hydrogen (secondary N) is 2. The fraction of sp³-hybridized carbons (Fsp3) is 0.174. The van der Waals surface area contributed by atoms with Gasteiger partial charge in [0.15, 0.2) is 0 Å². The number of carbonyl (C=O) groups is 1. The van der Waals surface area contributed by atoms with Crippen LogP contribution < -0.4 is 4.74 Å². The number of carboxylic acids is 1. The molecule has 0 amide bonds. The number of aromatic amines is 2. The fourth-order valence-electron chi connectivity index (χ4n) is 3.34. The van der Waals surface area contributed by atoms with E-state index in [4.69, 9.17) is 4.74 Å². The minimum absolute atomic E-state index is 0.128. The van der Waals surface area contributed by atoms with Crippen molar-refractivity contribution in [3.05, 3.63) is 64.8 Å². The van der Waals surface area contributed by atoms with Gasteiger partial charge in [-0.15, -0.1) is 5.10 Å². The summed E-state index contributed by atoms with van der Waals surface area (Å²) in [6.45, 7) is 2.05. The van der Waals surface area contributed by atoms with Crippen molar-refractivity contribution in [2.45, 2.75) is 24.9 Å². The van der Waals surface area contributed by atoms with Gasteiger partial charge >= 0.3 is 5.97 Å². The quantitative estimate of drug-likeness (QED) is 0.262.